The summed E-state index contributed by atoms with van der Waals surface area (Å²) in [6.07, 6.45) is 4.17. The summed E-state index contributed by atoms with van der Waals surface area (Å²) >= 11 is 1.59. The topological polar surface area (TPSA) is 127 Å². The number of nitrogens with zero attached hydrogens (tertiary/aromatic N) is 1. The number of benzene rings is 3. The summed E-state index contributed by atoms with van der Waals surface area (Å²) in [5, 5.41) is 12.6. The van der Waals surface area contributed by atoms with Crippen LogP contribution in [0.25, 0.3) is 22.3 Å². The normalized spacial score (nSPS) is 12.9. The van der Waals surface area contributed by atoms with Crippen LogP contribution in [0.2, 0.25) is 0 Å². The summed E-state index contributed by atoms with van der Waals surface area (Å²) in [4.78, 5) is 24.1. The minimum Gasteiger partial charge on any atom is -0.478 e. The number of nitrogens with one attached hydrogen (secondary N) is 1. The third-order valence-electron chi connectivity index (χ3n) is 7.33. The second kappa shape index (κ2) is 13.5. The molecule has 5 rings (SSSR count). The molecule has 9 nitrogen and oxygen atoms in total. The number of hydrogen-bond acceptors (Lipinski definition) is 8. The smallest absolute Gasteiger partial charge is 0.337 e. The molecule has 1 aliphatic rings. The van der Waals surface area contributed by atoms with Crippen molar-refractivity contribution in [3.05, 3.63) is 82.7 Å². The van der Waals surface area contributed by atoms with E-state index >= 15 is 0 Å². The highest BCUT2D eigenvalue weighted by Crippen LogP contribution is 2.48. The average molecular weight is 608 g/mol. The van der Waals surface area contributed by atoms with E-state index in [9.17, 15) is 14.0 Å². The first-order valence-electron chi connectivity index (χ1n) is 14.0. The molecule has 0 spiro atoms. The number of amides is 1. The molecule has 1 fully saturated rings. The van der Waals surface area contributed by atoms with Crippen molar-refractivity contribution in [2.75, 3.05) is 49.7 Å². The van der Waals surface area contributed by atoms with E-state index in [-0.39, 0.29) is 23.0 Å². The van der Waals surface area contributed by atoms with Crippen molar-refractivity contribution in [1.82, 2.24) is 5.32 Å². The third-order valence-corrected chi connectivity index (χ3v) is 8.15. The van der Waals surface area contributed by atoms with Gasteiger partial charge in [-0.25, -0.2) is 9.18 Å². The number of hydrogen-bond donors (Lipinski definition) is 3. The van der Waals surface area contributed by atoms with Gasteiger partial charge in [0.1, 0.15) is 17.2 Å². The van der Waals surface area contributed by atoms with Crippen LogP contribution in [0.4, 0.5) is 15.8 Å². The Morgan fingerprint density at radius 2 is 1.84 bits per heavy atom. The highest BCUT2D eigenvalue weighted by Gasteiger charge is 2.31. The third kappa shape index (κ3) is 6.96. The summed E-state index contributed by atoms with van der Waals surface area (Å²) in [6, 6.07) is 14.8. The number of nitrogens with two attached hydrogens (primary N) is 1. The number of carboxylic acids is 1. The Balaban J connectivity index is 1.26. The Morgan fingerprint density at radius 3 is 2.49 bits per heavy atom. The van der Waals surface area contributed by atoms with E-state index in [4.69, 9.17) is 24.7 Å². The van der Waals surface area contributed by atoms with E-state index in [0.717, 1.165) is 35.0 Å². The van der Waals surface area contributed by atoms with E-state index in [2.05, 4.69) is 15.7 Å². The molecule has 0 bridgehead atoms. The predicted octanol–water partition coefficient (Wildman–Crippen LogP) is 6.07. The Labute approximate surface area is 253 Å². The summed E-state index contributed by atoms with van der Waals surface area (Å²) in [5.74, 6) is -0.863. The van der Waals surface area contributed by atoms with Crippen LogP contribution in [-0.2, 0) is 16.1 Å². The molecule has 0 unspecified atom stereocenters. The SMILES string of the molecule is CNC(=O)c1c(-c2ccc(F)cc2)oc2cc(N(CCOCCOCc3ccc(C(=O)O)c(N)c3)SC)c(C3CC3)cc12. The number of carboxylic acid groups (broad SMARTS) is 1. The Kier molecular flexibility index (Phi) is 9.54. The first-order chi connectivity index (χ1) is 20.8. The van der Waals surface area contributed by atoms with Crippen LogP contribution in [0.15, 0.2) is 59.0 Å². The molecule has 1 saturated carbocycles. The fourth-order valence-electron chi connectivity index (χ4n) is 5.01. The van der Waals surface area contributed by atoms with Crippen LogP contribution in [-0.4, -0.2) is 56.7 Å². The molecule has 4 N–H and O–H groups in total. The van der Waals surface area contributed by atoms with Gasteiger partial charge < -0.3 is 34.4 Å². The summed E-state index contributed by atoms with van der Waals surface area (Å²) in [7, 11) is 1.58. The highest BCUT2D eigenvalue weighted by atomic mass is 32.2. The number of rotatable bonds is 14. The quantitative estimate of drug-likeness (QED) is 0.0889. The molecule has 1 aromatic heterocycles. The van der Waals surface area contributed by atoms with Crippen LogP contribution in [0, 0.1) is 5.82 Å². The fraction of sp³-hybridized carbons (Fsp3) is 0.312. The lowest BCUT2D eigenvalue weighted by atomic mass is 10.0. The molecular weight excluding hydrogens is 573 g/mol. The van der Waals surface area contributed by atoms with E-state index in [1.165, 1.54) is 18.2 Å². The first kappa shape index (κ1) is 30.4. The second-order valence-electron chi connectivity index (χ2n) is 10.3. The number of carbonyl (C=O) groups is 2. The van der Waals surface area contributed by atoms with Crippen LogP contribution in [0.1, 0.15) is 50.6 Å². The molecule has 3 aromatic carbocycles. The summed E-state index contributed by atoms with van der Waals surface area (Å²) in [5.41, 5.74) is 10.7. The minimum absolute atomic E-state index is 0.0710. The van der Waals surface area contributed by atoms with E-state index in [0.29, 0.717) is 61.4 Å². The van der Waals surface area contributed by atoms with Crippen molar-refractivity contribution in [2.45, 2.75) is 25.4 Å². The lowest BCUT2D eigenvalue weighted by Crippen LogP contribution is -2.22. The zero-order chi connectivity index (χ0) is 30.5. The number of carbonyl (C=O) groups excluding carboxylic acids is 1. The molecule has 11 heteroatoms. The lowest BCUT2D eigenvalue weighted by molar-refractivity contribution is 0.0436. The van der Waals surface area contributed by atoms with Crippen molar-refractivity contribution < 1.29 is 33.0 Å². The van der Waals surface area contributed by atoms with Gasteiger partial charge >= 0.3 is 5.97 Å². The van der Waals surface area contributed by atoms with Gasteiger partial charge in [0, 0.05) is 36.0 Å². The van der Waals surface area contributed by atoms with Crippen LogP contribution >= 0.6 is 11.9 Å². The molecule has 226 valence electrons. The van der Waals surface area contributed by atoms with Gasteiger partial charge in [-0.2, -0.15) is 0 Å². The average Bonchev–Trinajstić information content (AvgIpc) is 3.78. The van der Waals surface area contributed by atoms with Gasteiger partial charge in [0.2, 0.25) is 0 Å². The number of fused-ring (bicyclic) bond motifs is 1. The zero-order valence-electron chi connectivity index (χ0n) is 24.0. The molecule has 0 aliphatic heterocycles. The molecular formula is C32H34FN3O6S. The standard InChI is InChI=1S/C32H34FN3O6S/c1-35-31(37)29-25-16-24(20-4-5-20)27(17-28(25)42-30(29)21-6-8-22(33)9-7-21)36(43-2)11-12-40-13-14-41-18-19-3-10-23(32(38)39)26(34)15-19/h3,6-10,15-17,20H,4-5,11-14,18,34H2,1-2H3,(H,35,37)(H,38,39). The monoisotopic (exact) mass is 607 g/mol. The van der Waals surface area contributed by atoms with Crippen molar-refractivity contribution in [1.29, 1.82) is 0 Å². The van der Waals surface area contributed by atoms with Gasteiger partial charge in [-0.15, -0.1) is 0 Å². The van der Waals surface area contributed by atoms with E-state index < -0.39 is 5.97 Å². The van der Waals surface area contributed by atoms with Gasteiger partial charge in [0.05, 0.1) is 49.8 Å². The largest absolute Gasteiger partial charge is 0.478 e. The summed E-state index contributed by atoms with van der Waals surface area (Å²) in [6.45, 7) is 2.16. The zero-order valence-corrected chi connectivity index (χ0v) is 24.8. The van der Waals surface area contributed by atoms with Gasteiger partial charge in [0.25, 0.3) is 5.91 Å². The molecule has 1 heterocycles. The maximum absolute atomic E-state index is 13.6. The molecule has 0 saturated heterocycles. The number of ether oxygens (including phenoxy) is 2. The number of furan rings is 1. The van der Waals surface area contributed by atoms with Crippen LogP contribution in [0.5, 0.6) is 0 Å². The molecule has 0 atom stereocenters. The van der Waals surface area contributed by atoms with E-state index in [1.54, 1.807) is 43.3 Å². The van der Waals surface area contributed by atoms with Gasteiger partial charge in [-0.1, -0.05) is 18.0 Å². The number of nitrogen functional groups attached to an aromatic ring is 1. The predicted molar refractivity (Wildman–Crippen MR) is 166 cm³/mol. The van der Waals surface area contributed by atoms with Crippen molar-refractivity contribution in [3.8, 4) is 11.3 Å². The Bertz CT molecular complexity index is 1620. The fourth-order valence-corrected chi connectivity index (χ4v) is 5.62. The van der Waals surface area contributed by atoms with Crippen LogP contribution in [0.3, 0.4) is 0 Å². The van der Waals surface area contributed by atoms with Crippen molar-refractivity contribution in [2.24, 2.45) is 0 Å². The summed E-state index contributed by atoms with van der Waals surface area (Å²) < 4.78 is 33.6. The van der Waals surface area contributed by atoms with Crippen molar-refractivity contribution >= 4 is 46.2 Å². The highest BCUT2D eigenvalue weighted by molar-refractivity contribution is 7.99. The first-order valence-corrected chi connectivity index (χ1v) is 15.2. The number of halogens is 1. The Hall–Kier alpha value is -4.06. The lowest BCUT2D eigenvalue weighted by Gasteiger charge is -2.24. The van der Waals surface area contributed by atoms with Gasteiger partial charge in [0.15, 0.2) is 0 Å². The number of anilines is 2. The molecule has 1 aliphatic carbocycles. The Morgan fingerprint density at radius 1 is 1.09 bits per heavy atom. The van der Waals surface area contributed by atoms with Gasteiger partial charge in [-0.05, 0) is 72.4 Å². The molecule has 0 radical (unpaired) electrons. The molecule has 43 heavy (non-hydrogen) atoms. The second-order valence-corrected chi connectivity index (χ2v) is 11.1. The number of aromatic carboxylic acids is 1. The van der Waals surface area contributed by atoms with E-state index in [1.807, 2.05) is 12.3 Å². The van der Waals surface area contributed by atoms with Gasteiger partial charge in [-0.3, -0.25) is 4.79 Å². The molecule has 1 amide bonds. The minimum atomic E-state index is -1.06. The maximum atomic E-state index is 13.6. The molecule has 4 aromatic rings. The maximum Gasteiger partial charge on any atom is 0.337 e. The van der Waals surface area contributed by atoms with Crippen LogP contribution < -0.4 is 15.4 Å². The van der Waals surface area contributed by atoms with Crippen molar-refractivity contribution in [3.63, 3.8) is 0 Å².